The molecule has 2 aliphatic rings. The Kier molecular flexibility index (Phi) is 3.82. The standard InChI is InChI=1S/C16H21BrO3/c1-10(2)15-9-16(5-6-19-15)8-13(18)12-7-11(17)3-4-14(12)20-16/h3-4,7,10,13,15,18H,5-6,8-9H2,1-2H3/t13-,15?,16?/m0/s1. The molecule has 1 N–H and O–H groups in total. The van der Waals surface area contributed by atoms with Crippen LogP contribution in [0.25, 0.3) is 0 Å². The van der Waals surface area contributed by atoms with E-state index in [0.29, 0.717) is 18.9 Å². The van der Waals surface area contributed by atoms with Crippen molar-refractivity contribution >= 4 is 15.9 Å². The van der Waals surface area contributed by atoms with E-state index in [0.717, 1.165) is 28.6 Å². The summed E-state index contributed by atoms with van der Waals surface area (Å²) in [7, 11) is 0. The second kappa shape index (κ2) is 5.32. The Bertz CT molecular complexity index is 502. The van der Waals surface area contributed by atoms with Gasteiger partial charge in [0, 0.05) is 29.3 Å². The van der Waals surface area contributed by atoms with Crippen molar-refractivity contribution in [3.05, 3.63) is 28.2 Å². The minimum atomic E-state index is -0.456. The van der Waals surface area contributed by atoms with Gasteiger partial charge in [-0.25, -0.2) is 0 Å². The molecule has 1 spiro atoms. The van der Waals surface area contributed by atoms with Crippen molar-refractivity contribution in [2.24, 2.45) is 5.92 Å². The highest BCUT2D eigenvalue weighted by Gasteiger charge is 2.45. The first-order valence-electron chi connectivity index (χ1n) is 7.27. The number of hydrogen-bond donors (Lipinski definition) is 1. The highest BCUT2D eigenvalue weighted by Crippen LogP contribution is 2.46. The molecule has 2 heterocycles. The van der Waals surface area contributed by atoms with Crippen LogP contribution in [0, 0.1) is 5.92 Å². The Morgan fingerprint density at radius 3 is 2.90 bits per heavy atom. The van der Waals surface area contributed by atoms with Gasteiger partial charge in [0.05, 0.1) is 18.8 Å². The molecule has 0 radical (unpaired) electrons. The Morgan fingerprint density at radius 2 is 2.15 bits per heavy atom. The van der Waals surface area contributed by atoms with Crippen LogP contribution in [-0.2, 0) is 4.74 Å². The van der Waals surface area contributed by atoms with Crippen LogP contribution in [0.4, 0.5) is 0 Å². The lowest BCUT2D eigenvalue weighted by Gasteiger charge is -2.46. The van der Waals surface area contributed by atoms with Crippen molar-refractivity contribution < 1.29 is 14.6 Å². The maximum Gasteiger partial charge on any atom is 0.126 e. The van der Waals surface area contributed by atoms with Crippen molar-refractivity contribution in [3.63, 3.8) is 0 Å². The summed E-state index contributed by atoms with van der Waals surface area (Å²) < 4.78 is 13.1. The predicted molar refractivity (Wildman–Crippen MR) is 80.9 cm³/mol. The van der Waals surface area contributed by atoms with Crippen LogP contribution in [-0.4, -0.2) is 23.4 Å². The normalized spacial score (nSPS) is 33.0. The molecule has 3 nitrogen and oxygen atoms in total. The summed E-state index contributed by atoms with van der Waals surface area (Å²) in [4.78, 5) is 0. The second-order valence-corrected chi connectivity index (χ2v) is 7.21. The zero-order chi connectivity index (χ0) is 14.3. The summed E-state index contributed by atoms with van der Waals surface area (Å²) in [6.45, 7) is 5.06. The van der Waals surface area contributed by atoms with Crippen molar-refractivity contribution in [2.45, 2.75) is 50.9 Å². The zero-order valence-corrected chi connectivity index (χ0v) is 13.5. The second-order valence-electron chi connectivity index (χ2n) is 6.29. The van der Waals surface area contributed by atoms with Crippen molar-refractivity contribution in [1.82, 2.24) is 0 Å². The summed E-state index contributed by atoms with van der Waals surface area (Å²) in [6.07, 6.45) is 2.12. The molecule has 110 valence electrons. The number of aliphatic hydroxyl groups excluding tert-OH is 1. The molecule has 4 heteroatoms. The fourth-order valence-electron chi connectivity index (χ4n) is 3.24. The molecule has 1 aromatic carbocycles. The largest absolute Gasteiger partial charge is 0.487 e. The molecule has 1 aromatic rings. The molecule has 1 fully saturated rings. The number of rotatable bonds is 1. The molecule has 0 amide bonds. The van der Waals surface area contributed by atoms with Crippen LogP contribution >= 0.6 is 15.9 Å². The highest BCUT2D eigenvalue weighted by molar-refractivity contribution is 9.10. The number of aliphatic hydroxyl groups is 1. The molecule has 0 bridgehead atoms. The summed E-state index contributed by atoms with van der Waals surface area (Å²) in [6, 6.07) is 5.86. The number of hydrogen-bond acceptors (Lipinski definition) is 3. The first-order chi connectivity index (χ1) is 9.49. The molecular weight excluding hydrogens is 320 g/mol. The minimum Gasteiger partial charge on any atom is -0.487 e. The van der Waals surface area contributed by atoms with Crippen LogP contribution in [0.5, 0.6) is 5.75 Å². The van der Waals surface area contributed by atoms with Gasteiger partial charge in [-0.3, -0.25) is 0 Å². The Labute approximate surface area is 128 Å². The van der Waals surface area contributed by atoms with E-state index in [1.165, 1.54) is 0 Å². The average Bonchev–Trinajstić information content (AvgIpc) is 2.40. The molecule has 20 heavy (non-hydrogen) atoms. The molecular formula is C16H21BrO3. The van der Waals surface area contributed by atoms with Crippen LogP contribution in [0.15, 0.2) is 22.7 Å². The Hall–Kier alpha value is -0.580. The fourth-order valence-corrected chi connectivity index (χ4v) is 3.62. The Morgan fingerprint density at radius 1 is 1.35 bits per heavy atom. The number of benzene rings is 1. The quantitative estimate of drug-likeness (QED) is 0.844. The van der Waals surface area contributed by atoms with Gasteiger partial charge >= 0.3 is 0 Å². The van der Waals surface area contributed by atoms with E-state index in [9.17, 15) is 5.11 Å². The van der Waals surface area contributed by atoms with E-state index in [-0.39, 0.29) is 11.7 Å². The lowest BCUT2D eigenvalue weighted by Crippen LogP contribution is -2.49. The van der Waals surface area contributed by atoms with Gasteiger partial charge in [-0.15, -0.1) is 0 Å². The molecule has 3 atom stereocenters. The summed E-state index contributed by atoms with van der Waals surface area (Å²) in [5.74, 6) is 1.29. The van der Waals surface area contributed by atoms with E-state index in [1.807, 2.05) is 18.2 Å². The first kappa shape index (κ1) is 14.4. The van der Waals surface area contributed by atoms with E-state index in [2.05, 4.69) is 29.8 Å². The first-order valence-corrected chi connectivity index (χ1v) is 8.06. The van der Waals surface area contributed by atoms with Crippen molar-refractivity contribution in [3.8, 4) is 5.75 Å². The molecule has 2 unspecified atom stereocenters. The number of halogens is 1. The highest BCUT2D eigenvalue weighted by atomic mass is 79.9. The van der Waals surface area contributed by atoms with Crippen LogP contribution in [0.1, 0.15) is 44.8 Å². The predicted octanol–water partition coefficient (Wildman–Crippen LogP) is 3.84. The van der Waals surface area contributed by atoms with Crippen LogP contribution in [0.3, 0.4) is 0 Å². The summed E-state index contributed by atoms with van der Waals surface area (Å²) >= 11 is 3.45. The third-order valence-electron chi connectivity index (χ3n) is 4.43. The van der Waals surface area contributed by atoms with Gasteiger partial charge in [-0.05, 0) is 24.1 Å². The summed E-state index contributed by atoms with van der Waals surface area (Å²) in [5.41, 5.74) is 0.616. The topological polar surface area (TPSA) is 38.7 Å². The van der Waals surface area contributed by atoms with Gasteiger partial charge in [0.2, 0.25) is 0 Å². The summed E-state index contributed by atoms with van der Waals surface area (Å²) in [5, 5.41) is 10.5. The van der Waals surface area contributed by atoms with Gasteiger partial charge < -0.3 is 14.6 Å². The van der Waals surface area contributed by atoms with Crippen molar-refractivity contribution in [1.29, 1.82) is 0 Å². The molecule has 0 saturated carbocycles. The Balaban J connectivity index is 1.88. The van der Waals surface area contributed by atoms with Crippen molar-refractivity contribution in [2.75, 3.05) is 6.61 Å². The third-order valence-corrected chi connectivity index (χ3v) is 4.92. The average molecular weight is 341 g/mol. The van der Waals surface area contributed by atoms with E-state index < -0.39 is 6.10 Å². The molecule has 2 aliphatic heterocycles. The molecule has 0 aromatic heterocycles. The van der Waals surface area contributed by atoms with Crippen LogP contribution < -0.4 is 4.74 Å². The zero-order valence-electron chi connectivity index (χ0n) is 11.9. The van der Waals surface area contributed by atoms with Gasteiger partial charge in [0.1, 0.15) is 11.4 Å². The van der Waals surface area contributed by atoms with E-state index >= 15 is 0 Å². The lowest BCUT2D eigenvalue weighted by atomic mass is 9.79. The fraction of sp³-hybridized carbons (Fsp3) is 0.625. The maximum atomic E-state index is 10.5. The smallest absolute Gasteiger partial charge is 0.126 e. The van der Waals surface area contributed by atoms with Gasteiger partial charge in [-0.2, -0.15) is 0 Å². The molecule has 1 saturated heterocycles. The third kappa shape index (κ3) is 2.61. The van der Waals surface area contributed by atoms with Gasteiger partial charge in [-0.1, -0.05) is 29.8 Å². The number of ether oxygens (including phenoxy) is 2. The van der Waals surface area contributed by atoms with Crippen LogP contribution in [0.2, 0.25) is 0 Å². The lowest BCUT2D eigenvalue weighted by molar-refractivity contribution is -0.127. The SMILES string of the molecule is CC(C)C1CC2(CCO1)C[C@H](O)c1cc(Br)ccc1O2. The molecule has 3 rings (SSSR count). The molecule has 0 aliphatic carbocycles. The maximum absolute atomic E-state index is 10.5. The van der Waals surface area contributed by atoms with E-state index in [1.54, 1.807) is 0 Å². The number of fused-ring (bicyclic) bond motifs is 1. The van der Waals surface area contributed by atoms with Gasteiger partial charge in [0.15, 0.2) is 0 Å². The van der Waals surface area contributed by atoms with E-state index in [4.69, 9.17) is 9.47 Å². The minimum absolute atomic E-state index is 0.216. The van der Waals surface area contributed by atoms with Gasteiger partial charge in [0.25, 0.3) is 0 Å². The monoisotopic (exact) mass is 340 g/mol.